The van der Waals surface area contributed by atoms with E-state index < -0.39 is 3.78 Å². The molecule has 2 atom stereocenters. The highest BCUT2D eigenvalue weighted by Gasteiger charge is 2.28. The summed E-state index contributed by atoms with van der Waals surface area (Å²) in [5, 5.41) is 0. The van der Waals surface area contributed by atoms with Crippen molar-refractivity contribution in [3.05, 3.63) is 24.3 Å². The Morgan fingerprint density at radius 3 is 2.44 bits per heavy atom. The van der Waals surface area contributed by atoms with Crippen LogP contribution < -0.4 is 0 Å². The largest absolute Gasteiger partial charge is 0.133 e. The minimum Gasteiger partial charge on any atom is -0.100 e. The maximum absolute atomic E-state index is 5.95. The lowest BCUT2D eigenvalue weighted by Crippen LogP contribution is -2.22. The van der Waals surface area contributed by atoms with Gasteiger partial charge in [-0.2, -0.15) is 0 Å². The van der Waals surface area contributed by atoms with E-state index in [1.165, 1.54) is 0 Å². The molecule has 0 saturated carbocycles. The van der Waals surface area contributed by atoms with Gasteiger partial charge in [-0.15, -0.1) is 11.6 Å². The lowest BCUT2D eigenvalue weighted by molar-refractivity contribution is 1.03. The summed E-state index contributed by atoms with van der Waals surface area (Å²) in [5.74, 6) is 0. The van der Waals surface area contributed by atoms with Gasteiger partial charge >= 0.3 is 0 Å². The van der Waals surface area contributed by atoms with E-state index in [0.717, 1.165) is 0 Å². The number of halogens is 3. The maximum Gasteiger partial charge on any atom is 0.133 e. The summed E-state index contributed by atoms with van der Waals surface area (Å²) in [7, 11) is 0. The van der Waals surface area contributed by atoms with Gasteiger partial charge in [-0.25, -0.2) is 0 Å². The number of hydrogen-bond donors (Lipinski definition) is 0. The first-order chi connectivity index (χ1) is 4.13. The summed E-state index contributed by atoms with van der Waals surface area (Å²) in [6, 6.07) is 0. The van der Waals surface area contributed by atoms with E-state index in [1.807, 2.05) is 24.3 Å². The molecule has 3 heteroatoms. The second-order valence-corrected chi connectivity index (χ2v) is 5.20. The topological polar surface area (TPSA) is 0 Å². The van der Waals surface area contributed by atoms with Gasteiger partial charge < -0.3 is 0 Å². The van der Waals surface area contributed by atoms with Gasteiger partial charge in [-0.1, -0.05) is 56.2 Å². The van der Waals surface area contributed by atoms with Crippen LogP contribution in [-0.2, 0) is 0 Å². The van der Waals surface area contributed by atoms with Gasteiger partial charge in [0.25, 0.3) is 0 Å². The molecule has 0 aromatic heterocycles. The summed E-state index contributed by atoms with van der Waals surface area (Å²) >= 11 is 12.7. The van der Waals surface area contributed by atoms with E-state index in [2.05, 4.69) is 31.9 Å². The van der Waals surface area contributed by atoms with Crippen LogP contribution in [0.15, 0.2) is 24.3 Å². The molecule has 0 aromatic rings. The van der Waals surface area contributed by atoms with Gasteiger partial charge in [0.15, 0.2) is 0 Å². The SMILES string of the molecule is ClC1(Br)C=CC=CC1Br. The zero-order valence-electron chi connectivity index (χ0n) is 4.52. The summed E-state index contributed by atoms with van der Waals surface area (Å²) in [6.07, 6.45) is 7.76. The molecule has 0 amide bonds. The van der Waals surface area contributed by atoms with Crippen LogP contribution in [0.1, 0.15) is 0 Å². The molecule has 0 fully saturated rings. The van der Waals surface area contributed by atoms with E-state index >= 15 is 0 Å². The van der Waals surface area contributed by atoms with Crippen LogP contribution in [-0.4, -0.2) is 8.61 Å². The van der Waals surface area contributed by atoms with Crippen LogP contribution in [0.4, 0.5) is 0 Å². The third kappa shape index (κ3) is 1.82. The first-order valence-corrected chi connectivity index (χ1v) is 4.59. The second-order valence-electron chi connectivity index (χ2n) is 1.82. The Morgan fingerprint density at radius 1 is 1.44 bits per heavy atom. The van der Waals surface area contributed by atoms with Gasteiger partial charge in [0.1, 0.15) is 3.78 Å². The Balaban J connectivity index is 2.78. The molecule has 0 radical (unpaired) electrons. The fourth-order valence-corrected chi connectivity index (χ4v) is 1.35. The Hall–Kier alpha value is 0.730. The first kappa shape index (κ1) is 7.83. The van der Waals surface area contributed by atoms with Crippen molar-refractivity contribution < 1.29 is 0 Å². The van der Waals surface area contributed by atoms with Crippen molar-refractivity contribution in [1.82, 2.24) is 0 Å². The van der Waals surface area contributed by atoms with Crippen LogP contribution in [0.25, 0.3) is 0 Å². The molecule has 0 N–H and O–H groups in total. The van der Waals surface area contributed by atoms with Crippen LogP contribution >= 0.6 is 43.5 Å². The Bertz CT molecular complexity index is 160. The van der Waals surface area contributed by atoms with Gasteiger partial charge in [0.05, 0.1) is 4.83 Å². The molecule has 1 aliphatic carbocycles. The van der Waals surface area contributed by atoms with E-state index in [0.29, 0.717) is 0 Å². The third-order valence-electron chi connectivity index (χ3n) is 1.08. The predicted octanol–water partition coefficient (Wildman–Crippen LogP) is 3.21. The smallest absolute Gasteiger partial charge is 0.100 e. The van der Waals surface area contributed by atoms with E-state index in [9.17, 15) is 0 Å². The van der Waals surface area contributed by atoms with Crippen molar-refractivity contribution in [2.24, 2.45) is 0 Å². The molecule has 0 nitrogen and oxygen atoms in total. The fraction of sp³-hybridized carbons (Fsp3) is 0.333. The van der Waals surface area contributed by atoms with Crippen LogP contribution in [0.3, 0.4) is 0 Å². The highest BCUT2D eigenvalue weighted by Crippen LogP contribution is 2.36. The van der Waals surface area contributed by atoms with Crippen molar-refractivity contribution in [3.8, 4) is 0 Å². The molecule has 9 heavy (non-hydrogen) atoms. The monoisotopic (exact) mass is 270 g/mol. The molecule has 0 aromatic carbocycles. The lowest BCUT2D eigenvalue weighted by atomic mass is 10.2. The molecule has 0 heterocycles. The molecule has 1 aliphatic rings. The summed E-state index contributed by atoms with van der Waals surface area (Å²) in [6.45, 7) is 0. The summed E-state index contributed by atoms with van der Waals surface area (Å²) in [5.41, 5.74) is 0. The van der Waals surface area contributed by atoms with Gasteiger partial charge in [0.2, 0.25) is 0 Å². The molecule has 1 rings (SSSR count). The summed E-state index contributed by atoms with van der Waals surface area (Å²) in [4.78, 5) is 0.177. The average Bonchev–Trinajstić information content (AvgIpc) is 1.77. The Morgan fingerprint density at radius 2 is 2.11 bits per heavy atom. The molecule has 2 unspecified atom stereocenters. The maximum atomic E-state index is 5.95. The standard InChI is InChI=1S/C6H5Br2Cl/c7-5-3-1-2-4-6(5,8)9/h1-5H. The third-order valence-corrected chi connectivity index (χ3v) is 4.10. The van der Waals surface area contributed by atoms with Gasteiger partial charge in [-0.3, -0.25) is 0 Å². The van der Waals surface area contributed by atoms with E-state index in [1.54, 1.807) is 0 Å². The number of hydrogen-bond acceptors (Lipinski definition) is 0. The Kier molecular flexibility index (Phi) is 2.41. The molecule has 0 spiro atoms. The van der Waals surface area contributed by atoms with Crippen molar-refractivity contribution in [2.45, 2.75) is 8.61 Å². The van der Waals surface area contributed by atoms with Crippen molar-refractivity contribution in [2.75, 3.05) is 0 Å². The minimum absolute atomic E-state index is 0.177. The van der Waals surface area contributed by atoms with Crippen molar-refractivity contribution in [3.63, 3.8) is 0 Å². The quantitative estimate of drug-likeness (QED) is 0.594. The lowest BCUT2D eigenvalue weighted by Gasteiger charge is -2.21. The molecular weight excluding hydrogens is 267 g/mol. The molecular formula is C6H5Br2Cl. The zero-order chi connectivity index (χ0) is 6.91. The van der Waals surface area contributed by atoms with Crippen molar-refractivity contribution >= 4 is 43.5 Å². The molecule has 50 valence electrons. The molecule has 0 aliphatic heterocycles. The normalized spacial score (nSPS) is 41.4. The number of allylic oxidation sites excluding steroid dienone is 4. The highest BCUT2D eigenvalue weighted by molar-refractivity contribution is 9.13. The fourth-order valence-electron chi connectivity index (χ4n) is 0.566. The predicted molar refractivity (Wildman–Crippen MR) is 48.5 cm³/mol. The highest BCUT2D eigenvalue weighted by atomic mass is 79.9. The van der Waals surface area contributed by atoms with Gasteiger partial charge in [0, 0.05) is 0 Å². The second kappa shape index (κ2) is 2.77. The Labute approximate surface area is 76.2 Å². The molecule has 0 saturated heterocycles. The summed E-state index contributed by atoms with van der Waals surface area (Å²) < 4.78 is -0.429. The van der Waals surface area contributed by atoms with E-state index in [-0.39, 0.29) is 4.83 Å². The van der Waals surface area contributed by atoms with Gasteiger partial charge in [-0.05, 0) is 0 Å². The average molecular weight is 272 g/mol. The van der Waals surface area contributed by atoms with Crippen LogP contribution in [0.5, 0.6) is 0 Å². The van der Waals surface area contributed by atoms with Crippen LogP contribution in [0, 0.1) is 0 Å². The molecule has 0 bridgehead atoms. The first-order valence-electron chi connectivity index (χ1n) is 2.51. The zero-order valence-corrected chi connectivity index (χ0v) is 8.45. The van der Waals surface area contributed by atoms with E-state index in [4.69, 9.17) is 11.6 Å². The van der Waals surface area contributed by atoms with Crippen LogP contribution in [0.2, 0.25) is 0 Å². The number of rotatable bonds is 0. The number of alkyl halides is 3. The van der Waals surface area contributed by atoms with Crippen molar-refractivity contribution in [1.29, 1.82) is 0 Å². The minimum atomic E-state index is -0.429.